The molecule has 0 aliphatic rings. The molecule has 9 rings (SSSR count). The van der Waals surface area contributed by atoms with Gasteiger partial charge in [-0.2, -0.15) is 5.10 Å². The Morgan fingerprint density at radius 1 is 0.878 bits per heavy atom. The molecule has 7 aromatic heterocycles. The van der Waals surface area contributed by atoms with E-state index >= 15 is 0 Å². The molecule has 0 unspecified atom stereocenters. The molecule has 0 aliphatic carbocycles. The van der Waals surface area contributed by atoms with E-state index in [4.69, 9.17) is 9.26 Å². The standard InChI is InChI=1S/C28H16N10O2S/c1-3-14(26-18(4-1)35-40-37-26)27-25(21-13-38-10-9-30-28(38)41-21)24-19(33-27)11-15(16-6-8-31-34-16)22(20-12-32-39-36-20)23(24)17-5-2-7-29-17/h1-13,29,33H,(H,31,34). The van der Waals surface area contributed by atoms with Crippen LogP contribution in [0.2, 0.25) is 0 Å². The molecular formula is C28H16N10O2S. The zero-order valence-corrected chi connectivity index (χ0v) is 21.7. The van der Waals surface area contributed by atoms with Crippen LogP contribution in [0.25, 0.3) is 82.4 Å². The van der Waals surface area contributed by atoms with E-state index < -0.39 is 0 Å². The molecule has 0 bridgehead atoms. The quantitative estimate of drug-likeness (QED) is 0.227. The van der Waals surface area contributed by atoms with Crippen molar-refractivity contribution in [1.29, 1.82) is 0 Å². The van der Waals surface area contributed by atoms with Crippen LogP contribution in [-0.4, -0.2) is 50.2 Å². The average molecular weight is 557 g/mol. The summed E-state index contributed by atoms with van der Waals surface area (Å²) >= 11 is 1.60. The largest absolute Gasteiger partial charge is 0.361 e. The molecule has 0 radical (unpaired) electrons. The zero-order chi connectivity index (χ0) is 26.9. The van der Waals surface area contributed by atoms with Gasteiger partial charge in [-0.1, -0.05) is 28.6 Å². The maximum atomic E-state index is 5.13. The van der Waals surface area contributed by atoms with Crippen LogP contribution in [0.5, 0.6) is 0 Å². The van der Waals surface area contributed by atoms with Crippen LogP contribution in [0.1, 0.15) is 0 Å². The molecule has 12 nitrogen and oxygen atoms in total. The number of imidazole rings is 1. The van der Waals surface area contributed by atoms with E-state index in [2.05, 4.69) is 58.0 Å². The van der Waals surface area contributed by atoms with Gasteiger partial charge in [0.25, 0.3) is 0 Å². The lowest BCUT2D eigenvalue weighted by Crippen LogP contribution is -1.94. The highest BCUT2D eigenvalue weighted by molar-refractivity contribution is 7.20. The molecule has 41 heavy (non-hydrogen) atoms. The van der Waals surface area contributed by atoms with Gasteiger partial charge < -0.3 is 9.97 Å². The molecule has 0 fully saturated rings. The molecule has 9 aromatic rings. The van der Waals surface area contributed by atoms with Crippen molar-refractivity contribution < 1.29 is 9.26 Å². The van der Waals surface area contributed by atoms with Gasteiger partial charge in [0.1, 0.15) is 16.7 Å². The number of hydrogen-bond donors (Lipinski definition) is 3. The summed E-state index contributed by atoms with van der Waals surface area (Å²) in [5.41, 5.74) is 9.84. The zero-order valence-electron chi connectivity index (χ0n) is 20.9. The van der Waals surface area contributed by atoms with Crippen LogP contribution in [0.15, 0.2) is 88.9 Å². The molecule has 13 heteroatoms. The maximum Gasteiger partial charge on any atom is 0.194 e. The monoisotopic (exact) mass is 556 g/mol. The lowest BCUT2D eigenvalue weighted by Gasteiger charge is -2.14. The predicted molar refractivity (Wildman–Crippen MR) is 152 cm³/mol. The van der Waals surface area contributed by atoms with Gasteiger partial charge in [0.05, 0.1) is 22.5 Å². The average Bonchev–Trinajstić information content (AvgIpc) is 3.84. The van der Waals surface area contributed by atoms with Crippen molar-refractivity contribution in [2.45, 2.75) is 0 Å². The number of aromatic amines is 3. The highest BCUT2D eigenvalue weighted by Gasteiger charge is 2.28. The van der Waals surface area contributed by atoms with Gasteiger partial charge in [0.15, 0.2) is 4.96 Å². The Morgan fingerprint density at radius 2 is 1.88 bits per heavy atom. The number of nitrogens with zero attached hydrogens (tertiary/aromatic N) is 7. The van der Waals surface area contributed by atoms with Crippen molar-refractivity contribution in [3.05, 3.63) is 79.6 Å². The molecule has 0 amide bonds. The van der Waals surface area contributed by atoms with E-state index in [-0.39, 0.29) is 0 Å². The minimum absolute atomic E-state index is 0.590. The first kappa shape index (κ1) is 22.0. The van der Waals surface area contributed by atoms with Crippen LogP contribution in [0.3, 0.4) is 0 Å². The summed E-state index contributed by atoms with van der Waals surface area (Å²) < 4.78 is 12.3. The smallest absolute Gasteiger partial charge is 0.194 e. The first-order chi connectivity index (χ1) is 20.3. The van der Waals surface area contributed by atoms with Crippen molar-refractivity contribution in [2.75, 3.05) is 0 Å². The summed E-state index contributed by atoms with van der Waals surface area (Å²) in [4.78, 5) is 13.6. The minimum Gasteiger partial charge on any atom is -0.361 e. The Hall–Kier alpha value is -5.82. The molecule has 3 N–H and O–H groups in total. The molecule has 0 saturated carbocycles. The summed E-state index contributed by atoms with van der Waals surface area (Å²) in [5, 5.41) is 25.0. The van der Waals surface area contributed by atoms with Crippen molar-refractivity contribution in [2.24, 2.45) is 0 Å². The van der Waals surface area contributed by atoms with Gasteiger partial charge in [-0.25, -0.2) is 14.2 Å². The predicted octanol–water partition coefficient (Wildman–Crippen LogP) is 6.18. The minimum atomic E-state index is 0.590. The number of aromatic nitrogens is 10. The first-order valence-electron chi connectivity index (χ1n) is 12.6. The summed E-state index contributed by atoms with van der Waals surface area (Å²) in [6.07, 6.45) is 11.2. The number of benzene rings is 2. The van der Waals surface area contributed by atoms with Crippen LogP contribution < -0.4 is 0 Å². The van der Waals surface area contributed by atoms with E-state index in [1.54, 1.807) is 29.9 Å². The Balaban J connectivity index is 1.50. The number of fused-ring (bicyclic) bond motifs is 3. The Kier molecular flexibility index (Phi) is 4.48. The van der Waals surface area contributed by atoms with Crippen LogP contribution in [-0.2, 0) is 0 Å². The Morgan fingerprint density at radius 3 is 2.71 bits per heavy atom. The van der Waals surface area contributed by atoms with E-state index in [0.717, 1.165) is 65.6 Å². The topological polar surface area (TPSA) is 155 Å². The fraction of sp³-hybridized carbons (Fsp3) is 0. The van der Waals surface area contributed by atoms with Gasteiger partial charge >= 0.3 is 0 Å². The lowest BCUT2D eigenvalue weighted by molar-refractivity contribution is 0.308. The van der Waals surface area contributed by atoms with E-state index in [9.17, 15) is 0 Å². The van der Waals surface area contributed by atoms with Gasteiger partial charge in [0, 0.05) is 75.4 Å². The molecule has 0 saturated heterocycles. The van der Waals surface area contributed by atoms with E-state index in [1.807, 2.05) is 53.2 Å². The number of H-pyrrole nitrogens is 3. The second kappa shape index (κ2) is 8.34. The number of nitrogens with one attached hydrogen (secondary N) is 3. The van der Waals surface area contributed by atoms with Gasteiger partial charge in [-0.05, 0) is 45.8 Å². The normalized spacial score (nSPS) is 11.9. The molecule has 0 aliphatic heterocycles. The van der Waals surface area contributed by atoms with E-state index in [1.165, 1.54) is 0 Å². The van der Waals surface area contributed by atoms with Crippen LogP contribution in [0.4, 0.5) is 0 Å². The Bertz CT molecular complexity index is 2290. The molecular weight excluding hydrogens is 540 g/mol. The first-order valence-corrected chi connectivity index (χ1v) is 13.4. The summed E-state index contributed by atoms with van der Waals surface area (Å²) in [7, 11) is 0. The highest BCUT2D eigenvalue weighted by atomic mass is 32.1. The third kappa shape index (κ3) is 3.20. The van der Waals surface area contributed by atoms with Crippen molar-refractivity contribution in [1.82, 2.24) is 50.2 Å². The van der Waals surface area contributed by atoms with Crippen LogP contribution >= 0.6 is 11.3 Å². The number of hydrogen-bond acceptors (Lipinski definition) is 9. The molecule has 196 valence electrons. The van der Waals surface area contributed by atoms with Gasteiger partial charge in [-0.15, -0.1) is 0 Å². The van der Waals surface area contributed by atoms with Gasteiger partial charge in [0.2, 0.25) is 0 Å². The number of rotatable bonds is 5. The fourth-order valence-electron chi connectivity index (χ4n) is 5.57. The molecule has 0 atom stereocenters. The van der Waals surface area contributed by atoms with E-state index in [0.29, 0.717) is 16.7 Å². The van der Waals surface area contributed by atoms with Crippen LogP contribution in [0, 0.1) is 0 Å². The number of thiazole rings is 1. The molecule has 7 heterocycles. The molecule has 0 spiro atoms. The highest BCUT2D eigenvalue weighted by Crippen LogP contribution is 2.50. The molecule has 2 aromatic carbocycles. The summed E-state index contributed by atoms with van der Waals surface area (Å²) in [6, 6.07) is 13.9. The third-order valence-electron chi connectivity index (χ3n) is 7.24. The van der Waals surface area contributed by atoms with Crippen molar-refractivity contribution >= 4 is 38.2 Å². The summed E-state index contributed by atoms with van der Waals surface area (Å²) in [6.45, 7) is 0. The Labute approximate surface area is 232 Å². The van der Waals surface area contributed by atoms with Crippen molar-refractivity contribution in [3.8, 4) is 55.5 Å². The summed E-state index contributed by atoms with van der Waals surface area (Å²) in [5.74, 6) is 0. The van der Waals surface area contributed by atoms with Crippen molar-refractivity contribution in [3.63, 3.8) is 0 Å². The van der Waals surface area contributed by atoms with Gasteiger partial charge in [-0.3, -0.25) is 9.50 Å². The second-order valence-corrected chi connectivity index (χ2v) is 10.5. The SMILES string of the molecule is c1c[nH]c(-c2c(-c3cnon3)c(-c3cc[nH]n3)cc3[nH]c(-c4cccc5nonc45)c(-c4cn5ccnc5s4)c23)c1. The lowest BCUT2D eigenvalue weighted by atomic mass is 9.89. The fourth-order valence-corrected chi connectivity index (χ4v) is 6.57. The third-order valence-corrected chi connectivity index (χ3v) is 8.27. The maximum absolute atomic E-state index is 5.13. The second-order valence-electron chi connectivity index (χ2n) is 9.46.